The lowest BCUT2D eigenvalue weighted by atomic mass is 10.2. The molecule has 4 aromatic rings. The van der Waals surface area contributed by atoms with Gasteiger partial charge in [-0.25, -0.2) is 23.1 Å². The second kappa shape index (κ2) is 6.59. The zero-order valence-corrected chi connectivity index (χ0v) is 14.5. The molecule has 0 aliphatic carbocycles. The van der Waals surface area contributed by atoms with Crippen molar-refractivity contribution in [1.29, 1.82) is 0 Å². The molecule has 2 aromatic carbocycles. The lowest BCUT2D eigenvalue weighted by molar-refractivity contribution is 0.510. The number of fused-ring (bicyclic) bond motifs is 1. The van der Waals surface area contributed by atoms with Gasteiger partial charge in [-0.2, -0.15) is 0 Å². The molecule has 3 nitrogen and oxygen atoms in total. The van der Waals surface area contributed by atoms with E-state index in [2.05, 4.69) is 15.0 Å². The summed E-state index contributed by atoms with van der Waals surface area (Å²) in [4.78, 5) is 11.4. The van der Waals surface area contributed by atoms with E-state index in [1.807, 2.05) is 0 Å². The molecular formula is C18H9ClF3N3S. The number of aromatic nitrogens is 3. The molecule has 2 aromatic heterocycles. The Balaban J connectivity index is 1.65. The monoisotopic (exact) mass is 391 g/mol. The Kier molecular flexibility index (Phi) is 4.26. The summed E-state index contributed by atoms with van der Waals surface area (Å²) >= 11 is 7.65. The maximum atomic E-state index is 13.3. The Hall–Kier alpha value is -2.64. The van der Waals surface area contributed by atoms with Gasteiger partial charge < -0.3 is 4.98 Å². The van der Waals surface area contributed by atoms with Crippen LogP contribution in [-0.4, -0.2) is 15.0 Å². The minimum atomic E-state index is -0.973. The van der Waals surface area contributed by atoms with E-state index in [-0.39, 0.29) is 22.2 Å². The number of nitrogens with zero attached hydrogens (tertiary/aromatic N) is 2. The number of rotatable bonds is 3. The summed E-state index contributed by atoms with van der Waals surface area (Å²) in [5.74, 6) is -1.97. The fraction of sp³-hybridized carbons (Fsp3) is 0. The van der Waals surface area contributed by atoms with Crippen molar-refractivity contribution in [2.45, 2.75) is 0 Å². The molecule has 8 heteroatoms. The Bertz CT molecular complexity index is 1090. The third-order valence-electron chi connectivity index (χ3n) is 3.64. The summed E-state index contributed by atoms with van der Waals surface area (Å²) < 4.78 is 39.6. The van der Waals surface area contributed by atoms with Gasteiger partial charge in [0, 0.05) is 23.1 Å². The SMILES string of the molecule is Fc1ccc(-c2nc(/C=C(/Cl)c3nc4cc(F)c(F)cc4[nH]3)cs2)cc1. The van der Waals surface area contributed by atoms with E-state index < -0.39 is 11.6 Å². The summed E-state index contributed by atoms with van der Waals surface area (Å²) in [7, 11) is 0. The molecule has 0 atom stereocenters. The number of aromatic amines is 1. The molecule has 2 heterocycles. The molecule has 0 unspecified atom stereocenters. The number of nitrogens with one attached hydrogen (secondary N) is 1. The van der Waals surface area contributed by atoms with Crippen molar-refractivity contribution in [2.75, 3.05) is 0 Å². The largest absolute Gasteiger partial charge is 0.337 e. The number of halogens is 4. The van der Waals surface area contributed by atoms with Crippen LogP contribution in [0, 0.1) is 17.5 Å². The average molecular weight is 392 g/mol. The van der Waals surface area contributed by atoms with E-state index in [0.717, 1.165) is 22.7 Å². The van der Waals surface area contributed by atoms with Crippen LogP contribution in [0.3, 0.4) is 0 Å². The van der Waals surface area contributed by atoms with Crippen molar-refractivity contribution < 1.29 is 13.2 Å². The molecule has 0 aliphatic heterocycles. The van der Waals surface area contributed by atoms with Crippen molar-refractivity contribution in [2.24, 2.45) is 0 Å². The smallest absolute Gasteiger partial charge is 0.161 e. The fourth-order valence-electron chi connectivity index (χ4n) is 2.39. The van der Waals surface area contributed by atoms with Crippen LogP contribution in [0.4, 0.5) is 13.2 Å². The first kappa shape index (κ1) is 16.8. The molecule has 0 fully saturated rings. The Morgan fingerprint density at radius 2 is 1.77 bits per heavy atom. The summed E-state index contributed by atoms with van der Waals surface area (Å²) in [6, 6.07) is 8.06. The fourth-order valence-corrected chi connectivity index (χ4v) is 3.38. The number of H-pyrrole nitrogens is 1. The van der Waals surface area contributed by atoms with E-state index in [1.165, 1.54) is 23.5 Å². The van der Waals surface area contributed by atoms with Gasteiger partial charge in [0.1, 0.15) is 16.6 Å². The van der Waals surface area contributed by atoms with Crippen LogP contribution in [0.2, 0.25) is 0 Å². The molecular weight excluding hydrogens is 383 g/mol. The van der Waals surface area contributed by atoms with Gasteiger partial charge in [-0.05, 0) is 30.3 Å². The maximum Gasteiger partial charge on any atom is 0.161 e. The van der Waals surface area contributed by atoms with Crippen LogP contribution in [0.25, 0.3) is 32.7 Å². The number of thiazole rings is 1. The molecule has 0 spiro atoms. The summed E-state index contributed by atoms with van der Waals surface area (Å²) in [6.45, 7) is 0. The lowest BCUT2D eigenvalue weighted by Crippen LogP contribution is -1.82. The van der Waals surface area contributed by atoms with Crippen LogP contribution < -0.4 is 0 Å². The molecule has 0 amide bonds. The van der Waals surface area contributed by atoms with Crippen LogP contribution in [0.15, 0.2) is 41.8 Å². The molecule has 26 heavy (non-hydrogen) atoms. The minimum Gasteiger partial charge on any atom is -0.337 e. The molecule has 0 aliphatic rings. The normalized spacial score (nSPS) is 12.1. The van der Waals surface area contributed by atoms with E-state index in [1.54, 1.807) is 23.6 Å². The topological polar surface area (TPSA) is 41.6 Å². The molecule has 0 radical (unpaired) electrons. The summed E-state index contributed by atoms with van der Waals surface area (Å²) in [5.41, 5.74) is 2.01. The first-order valence-electron chi connectivity index (χ1n) is 7.43. The highest BCUT2D eigenvalue weighted by molar-refractivity contribution is 7.13. The predicted molar refractivity (Wildman–Crippen MR) is 97.2 cm³/mol. The van der Waals surface area contributed by atoms with Crippen molar-refractivity contribution in [3.8, 4) is 10.6 Å². The van der Waals surface area contributed by atoms with Crippen molar-refractivity contribution in [1.82, 2.24) is 15.0 Å². The molecule has 1 N–H and O–H groups in total. The highest BCUT2D eigenvalue weighted by Crippen LogP contribution is 2.28. The molecule has 0 bridgehead atoms. The Labute approximate surface area is 154 Å². The zero-order valence-electron chi connectivity index (χ0n) is 12.9. The Morgan fingerprint density at radius 1 is 1.04 bits per heavy atom. The zero-order chi connectivity index (χ0) is 18.3. The van der Waals surface area contributed by atoms with E-state index in [9.17, 15) is 13.2 Å². The van der Waals surface area contributed by atoms with Gasteiger partial charge in [0.2, 0.25) is 0 Å². The van der Waals surface area contributed by atoms with Crippen molar-refractivity contribution in [3.63, 3.8) is 0 Å². The van der Waals surface area contributed by atoms with Crippen molar-refractivity contribution >= 4 is 45.1 Å². The lowest BCUT2D eigenvalue weighted by Gasteiger charge is -1.95. The number of imidazole rings is 1. The average Bonchev–Trinajstić information content (AvgIpc) is 3.23. The summed E-state index contributed by atoms with van der Waals surface area (Å²) in [5, 5.41) is 2.76. The highest BCUT2D eigenvalue weighted by Gasteiger charge is 2.11. The summed E-state index contributed by atoms with van der Waals surface area (Å²) in [6.07, 6.45) is 1.59. The predicted octanol–water partition coefficient (Wildman–Crippen LogP) is 5.84. The second-order valence-corrected chi connectivity index (χ2v) is 6.71. The van der Waals surface area contributed by atoms with Crippen molar-refractivity contribution in [3.05, 3.63) is 70.7 Å². The molecule has 4 rings (SSSR count). The number of hydrogen-bond acceptors (Lipinski definition) is 3. The van der Waals surface area contributed by atoms with Crippen LogP contribution >= 0.6 is 22.9 Å². The number of hydrogen-bond donors (Lipinski definition) is 1. The highest BCUT2D eigenvalue weighted by atomic mass is 35.5. The first-order chi connectivity index (χ1) is 12.5. The molecule has 130 valence electrons. The first-order valence-corrected chi connectivity index (χ1v) is 8.69. The standard InChI is InChI=1S/C18H9ClF3N3S/c19-12(17-24-15-6-13(21)14(22)7-16(15)25-17)5-11-8-26-18(23-11)9-1-3-10(20)4-2-9/h1-8H,(H,24,25)/b12-5+. The van der Waals surface area contributed by atoms with E-state index in [0.29, 0.717) is 11.2 Å². The van der Waals surface area contributed by atoms with Gasteiger partial charge in [0.25, 0.3) is 0 Å². The third-order valence-corrected chi connectivity index (χ3v) is 4.84. The van der Waals surface area contributed by atoms with Gasteiger partial charge in [-0.15, -0.1) is 11.3 Å². The van der Waals surface area contributed by atoms with Gasteiger partial charge >= 0.3 is 0 Å². The minimum absolute atomic E-state index is 0.248. The van der Waals surface area contributed by atoms with Gasteiger partial charge in [0.15, 0.2) is 11.6 Å². The van der Waals surface area contributed by atoms with Crippen LogP contribution in [-0.2, 0) is 0 Å². The molecule has 0 saturated heterocycles. The quantitative estimate of drug-likeness (QED) is 0.476. The van der Waals surface area contributed by atoms with E-state index >= 15 is 0 Å². The number of benzene rings is 2. The maximum absolute atomic E-state index is 13.3. The van der Waals surface area contributed by atoms with Gasteiger partial charge in [0.05, 0.1) is 21.8 Å². The molecule has 0 saturated carbocycles. The Morgan fingerprint density at radius 3 is 2.54 bits per heavy atom. The van der Waals surface area contributed by atoms with E-state index in [4.69, 9.17) is 11.6 Å². The van der Waals surface area contributed by atoms with Gasteiger partial charge in [-0.3, -0.25) is 0 Å². The van der Waals surface area contributed by atoms with Gasteiger partial charge in [-0.1, -0.05) is 11.6 Å². The second-order valence-electron chi connectivity index (χ2n) is 5.45. The van der Waals surface area contributed by atoms with Crippen LogP contribution in [0.5, 0.6) is 0 Å². The van der Waals surface area contributed by atoms with Crippen LogP contribution in [0.1, 0.15) is 11.5 Å². The third kappa shape index (κ3) is 3.23.